The number of rotatable bonds is 8. The fourth-order valence-corrected chi connectivity index (χ4v) is 2.50. The average Bonchev–Trinajstić information content (AvgIpc) is 2.78. The number of hydrogen-bond acceptors (Lipinski definition) is 6. The quantitative estimate of drug-likeness (QED) is 0.150. The Morgan fingerprint density at radius 3 is 0.958 bits per heavy atom. The first-order valence-electron chi connectivity index (χ1n) is 17.9. The summed E-state index contributed by atoms with van der Waals surface area (Å²) in [6.07, 6.45) is 0. The third-order valence-corrected chi connectivity index (χ3v) is 5.40. The molecule has 4 N–H and O–H groups in total. The lowest BCUT2D eigenvalue weighted by Crippen LogP contribution is -2.40. The van der Waals surface area contributed by atoms with Crippen LogP contribution in [0.2, 0.25) is 0 Å². The molecule has 0 aliphatic rings. The predicted molar refractivity (Wildman–Crippen MR) is 210 cm³/mol. The molecule has 292 valence electrons. The van der Waals surface area contributed by atoms with Crippen molar-refractivity contribution < 1.29 is 19.1 Å². The zero-order chi connectivity index (χ0) is 39.6. The predicted octanol–water partition coefficient (Wildman–Crippen LogP) is 9.18. The van der Waals surface area contributed by atoms with Gasteiger partial charge in [-0.3, -0.25) is 14.9 Å². The molecule has 0 saturated carbocycles. The van der Waals surface area contributed by atoms with Crippen molar-refractivity contribution in [3.05, 3.63) is 0 Å². The molecule has 48 heavy (non-hydrogen) atoms. The Labute approximate surface area is 301 Å². The Balaban J connectivity index is -0.000000271. The summed E-state index contributed by atoms with van der Waals surface area (Å²) in [6, 6.07) is 0. The van der Waals surface area contributed by atoms with Crippen molar-refractivity contribution in [2.45, 2.75) is 177 Å². The van der Waals surface area contributed by atoms with E-state index >= 15 is 0 Å². The van der Waals surface area contributed by atoms with Gasteiger partial charge < -0.3 is 25.4 Å². The van der Waals surface area contributed by atoms with Gasteiger partial charge in [-0.15, -0.1) is 0 Å². The zero-order valence-electron chi connectivity index (χ0n) is 36.9. The number of carbonyl (C=O) groups is 2. The van der Waals surface area contributed by atoms with E-state index in [-0.39, 0.29) is 50.0 Å². The largest absolute Gasteiger partial charge is 0.366 e. The van der Waals surface area contributed by atoms with Crippen LogP contribution >= 0.6 is 0 Å². The molecule has 0 aromatic carbocycles. The van der Waals surface area contributed by atoms with Gasteiger partial charge in [0.15, 0.2) is 0 Å². The van der Waals surface area contributed by atoms with E-state index in [4.69, 9.17) is 9.47 Å². The molecule has 8 heteroatoms. The molecule has 2 amide bonds. The fourth-order valence-electron chi connectivity index (χ4n) is 2.50. The minimum Gasteiger partial charge on any atom is -0.366 e. The van der Waals surface area contributed by atoms with E-state index in [1.54, 1.807) is 0 Å². The number of amides is 2. The Hall–Kier alpha value is -1.22. The van der Waals surface area contributed by atoms with Crippen LogP contribution < -0.4 is 21.3 Å². The van der Waals surface area contributed by atoms with Crippen molar-refractivity contribution in [3.63, 3.8) is 0 Å². The van der Waals surface area contributed by atoms with Gasteiger partial charge in [-0.25, -0.2) is 0 Å². The number of hydrogen-bond donors (Lipinski definition) is 4. The Bertz CT molecular complexity index is 814. The maximum atomic E-state index is 11.4. The highest BCUT2D eigenvalue weighted by Crippen LogP contribution is 2.16. The molecule has 0 aromatic heterocycles. The van der Waals surface area contributed by atoms with E-state index < -0.39 is 0 Å². The van der Waals surface area contributed by atoms with Crippen LogP contribution in [0.5, 0.6) is 0 Å². The molecule has 0 rings (SSSR count). The fraction of sp³-hybridized carbons (Fsp3) is 0.950. The smallest absolute Gasteiger partial charge is 0.227 e. The summed E-state index contributed by atoms with van der Waals surface area (Å²) in [5.74, 6) is 0.142. The van der Waals surface area contributed by atoms with Crippen LogP contribution in [0.1, 0.15) is 166 Å². The van der Waals surface area contributed by atoms with Crippen LogP contribution in [-0.2, 0) is 19.1 Å². The summed E-state index contributed by atoms with van der Waals surface area (Å²) in [6.45, 7) is 54.4. The summed E-state index contributed by atoms with van der Waals surface area (Å²) in [5, 5.41) is 12.4. The maximum absolute atomic E-state index is 11.4. The van der Waals surface area contributed by atoms with E-state index in [2.05, 4.69) is 146 Å². The Kier molecular flexibility index (Phi) is 24.4. The Morgan fingerprint density at radius 1 is 0.396 bits per heavy atom. The van der Waals surface area contributed by atoms with Crippen LogP contribution in [0.3, 0.4) is 0 Å². The second kappa shape index (κ2) is 21.9. The molecule has 0 unspecified atom stereocenters. The molecule has 0 bridgehead atoms. The normalized spacial score (nSPS) is 13.2. The second-order valence-corrected chi connectivity index (χ2v) is 21.9. The molecule has 0 fully saturated rings. The van der Waals surface area contributed by atoms with Crippen LogP contribution in [0.15, 0.2) is 0 Å². The van der Waals surface area contributed by atoms with E-state index in [9.17, 15) is 9.59 Å². The van der Waals surface area contributed by atoms with Gasteiger partial charge in [0.25, 0.3) is 0 Å². The summed E-state index contributed by atoms with van der Waals surface area (Å²) < 4.78 is 10.8. The van der Waals surface area contributed by atoms with Crippen molar-refractivity contribution in [1.29, 1.82) is 0 Å². The molecule has 0 atom stereocenters. The standard InChI is InChI=1S/C11H23NO2.C10H23NO.C10H21NO.C9H21N/c1-10(2,3)7-14-8-12-9(13)11(4,5)6;1-9(2,3)7-12-8-11-10(4,5)6;1-9(2,3)7-11-8(12)10(4,5)6;1-8(2,3)7-10-9(4,5)6/h7-8H2,1-6H3,(H,12,13);11H,7-8H2,1-6H3;7H2,1-6H3,(H,11,12);10H,7H2,1-6H3. The second-order valence-electron chi connectivity index (χ2n) is 21.9. The summed E-state index contributed by atoms with van der Waals surface area (Å²) >= 11 is 0. The lowest BCUT2D eigenvalue weighted by atomic mass is 9.93. The lowest BCUT2D eigenvalue weighted by Gasteiger charge is -2.27. The monoisotopic (exact) mass is 689 g/mol. The third kappa shape index (κ3) is 51.6. The molecule has 0 saturated heterocycles. The Morgan fingerprint density at radius 2 is 0.708 bits per heavy atom. The molecular weight excluding hydrogens is 600 g/mol. The van der Waals surface area contributed by atoms with Crippen molar-refractivity contribution in [2.75, 3.05) is 39.8 Å². The van der Waals surface area contributed by atoms with Gasteiger partial charge in [0.2, 0.25) is 11.8 Å². The van der Waals surface area contributed by atoms with Gasteiger partial charge in [0.1, 0.15) is 6.73 Å². The molecular formula is C40H88N4O4. The van der Waals surface area contributed by atoms with Crippen molar-refractivity contribution in [2.24, 2.45) is 32.5 Å². The molecule has 0 aliphatic carbocycles. The van der Waals surface area contributed by atoms with Crippen LogP contribution in [-0.4, -0.2) is 62.7 Å². The van der Waals surface area contributed by atoms with E-state index in [0.717, 1.165) is 19.7 Å². The van der Waals surface area contributed by atoms with Gasteiger partial charge in [0, 0.05) is 35.0 Å². The highest BCUT2D eigenvalue weighted by molar-refractivity contribution is 5.81. The van der Waals surface area contributed by atoms with Crippen LogP contribution in [0, 0.1) is 32.5 Å². The number of nitrogens with one attached hydrogen (secondary N) is 4. The number of carbonyl (C=O) groups excluding carboxylic acids is 2. The first kappa shape index (κ1) is 53.6. The van der Waals surface area contributed by atoms with Gasteiger partial charge >= 0.3 is 0 Å². The van der Waals surface area contributed by atoms with Crippen molar-refractivity contribution >= 4 is 11.8 Å². The number of ether oxygens (including phenoxy) is 2. The molecule has 0 radical (unpaired) electrons. The van der Waals surface area contributed by atoms with Crippen molar-refractivity contribution in [3.8, 4) is 0 Å². The van der Waals surface area contributed by atoms with Gasteiger partial charge in [-0.05, 0) is 63.2 Å². The zero-order valence-corrected chi connectivity index (χ0v) is 36.9. The third-order valence-electron chi connectivity index (χ3n) is 5.40. The first-order chi connectivity index (χ1) is 20.7. The SMILES string of the molecule is CC(C)(C)CNC(=O)C(C)(C)C.CC(C)(C)CNC(C)(C)C.CC(C)(C)COCNC(=O)C(C)(C)C.CC(C)(C)COCNC(C)(C)C. The van der Waals surface area contributed by atoms with E-state index in [1.807, 2.05) is 41.5 Å². The molecule has 0 spiro atoms. The highest BCUT2D eigenvalue weighted by atomic mass is 16.5. The highest BCUT2D eigenvalue weighted by Gasteiger charge is 2.23. The van der Waals surface area contributed by atoms with Gasteiger partial charge in [-0.2, -0.15) is 0 Å². The van der Waals surface area contributed by atoms with E-state index in [1.165, 1.54) is 0 Å². The topological polar surface area (TPSA) is 101 Å². The van der Waals surface area contributed by atoms with Crippen molar-refractivity contribution in [1.82, 2.24) is 21.3 Å². The summed E-state index contributed by atoms with van der Waals surface area (Å²) in [4.78, 5) is 22.8. The molecule has 8 nitrogen and oxygen atoms in total. The molecule has 0 aromatic rings. The van der Waals surface area contributed by atoms with Gasteiger partial charge in [-0.1, -0.05) is 125 Å². The van der Waals surface area contributed by atoms with E-state index in [0.29, 0.717) is 25.5 Å². The minimum atomic E-state index is -0.342. The molecule has 0 heterocycles. The van der Waals surface area contributed by atoms with Crippen LogP contribution in [0.4, 0.5) is 0 Å². The minimum absolute atomic E-state index is 0.0198. The molecule has 0 aliphatic heterocycles. The summed E-state index contributed by atoms with van der Waals surface area (Å²) in [5.41, 5.74) is 0.766. The maximum Gasteiger partial charge on any atom is 0.227 e. The first-order valence-corrected chi connectivity index (χ1v) is 17.9. The van der Waals surface area contributed by atoms with Gasteiger partial charge in [0.05, 0.1) is 19.9 Å². The average molecular weight is 689 g/mol. The lowest BCUT2D eigenvalue weighted by molar-refractivity contribution is -0.130. The van der Waals surface area contributed by atoms with Crippen LogP contribution in [0.25, 0.3) is 0 Å². The summed E-state index contributed by atoms with van der Waals surface area (Å²) in [7, 11) is 0.